The summed E-state index contributed by atoms with van der Waals surface area (Å²) in [4.78, 5) is 0. The number of hydrogen-bond acceptors (Lipinski definition) is 3. The fourth-order valence-corrected chi connectivity index (χ4v) is 7.73. The van der Waals surface area contributed by atoms with Gasteiger partial charge in [-0.15, -0.1) is 0 Å². The van der Waals surface area contributed by atoms with Crippen molar-refractivity contribution in [1.82, 2.24) is 4.57 Å². The lowest BCUT2D eigenvalue weighted by Crippen LogP contribution is -2.34. The molecule has 0 bridgehead atoms. The van der Waals surface area contributed by atoms with Crippen LogP contribution in [0.3, 0.4) is 0 Å². The van der Waals surface area contributed by atoms with Gasteiger partial charge >= 0.3 is 7.60 Å². The maximum absolute atomic E-state index is 12.9. The highest BCUT2D eigenvalue weighted by molar-refractivity contribution is 7.53. The molecule has 0 N–H and O–H groups in total. The van der Waals surface area contributed by atoms with Crippen molar-refractivity contribution in [3.63, 3.8) is 0 Å². The van der Waals surface area contributed by atoms with Crippen molar-refractivity contribution in [2.75, 3.05) is 19.4 Å². The molecule has 0 spiro atoms. The second-order valence-electron chi connectivity index (χ2n) is 10.8. The van der Waals surface area contributed by atoms with E-state index in [0.29, 0.717) is 25.8 Å². The summed E-state index contributed by atoms with van der Waals surface area (Å²) < 4.78 is 30.6. The van der Waals surface area contributed by atoms with Crippen molar-refractivity contribution >= 4 is 52.5 Å². The van der Waals surface area contributed by atoms with Gasteiger partial charge in [-0.3, -0.25) is 4.57 Å². The third-order valence-electron chi connectivity index (χ3n) is 8.12. The topological polar surface area (TPSA) is 48.2 Å². The molecule has 0 atom stereocenters. The number of para-hydroxylation sites is 2. The summed E-state index contributed by atoms with van der Waals surface area (Å²) in [6.07, 6.45) is 12.0. The summed E-state index contributed by atoms with van der Waals surface area (Å²) in [5.74, 6) is 0. The molecular weight excluding hydrogens is 565 g/mol. The number of hydrogen-bond donors (Lipinski definition) is 0. The van der Waals surface area contributed by atoms with Crippen LogP contribution in [-0.2, 0) is 26.7 Å². The highest BCUT2D eigenvalue weighted by Gasteiger charge is 2.24. The third-order valence-corrected chi connectivity index (χ3v) is 10.3. The number of rotatable bonds is 12. The first kappa shape index (κ1) is 30.0. The van der Waals surface area contributed by atoms with E-state index in [9.17, 15) is 4.57 Å². The summed E-state index contributed by atoms with van der Waals surface area (Å²) >= 11 is 0. The Morgan fingerprint density at radius 3 is 2.20 bits per heavy atom. The summed E-state index contributed by atoms with van der Waals surface area (Å²) in [6, 6.07) is 30.1. The first-order chi connectivity index (χ1) is 21.5. The Labute approximate surface area is 259 Å². The molecular formula is C37H40N3O3P+2. The van der Waals surface area contributed by atoms with Gasteiger partial charge in [0.2, 0.25) is 11.2 Å². The Balaban J connectivity index is 1.20. The monoisotopic (exact) mass is 605 g/mol. The van der Waals surface area contributed by atoms with E-state index in [0.717, 1.165) is 35.4 Å². The standard InChI is InChI=1S/C37H40N3O3P/c1-4-40-36-15-10-8-13-33(36)34-28-39(26-23-37(34)40)31-20-17-29(18-21-31)16-19-30-22-25-38(35-14-9-7-12-32(30)35)24-11-27-44(41,42-5-2)43-6-3/h7-10,12-23,25-26,28H,4-6,11,24,27H2,1-3H3/q+2. The van der Waals surface area contributed by atoms with Crippen LogP contribution in [0.4, 0.5) is 0 Å². The number of fused-ring (bicyclic) bond motifs is 4. The number of aromatic nitrogens is 3. The predicted molar refractivity (Wildman–Crippen MR) is 180 cm³/mol. The molecule has 3 aromatic carbocycles. The Morgan fingerprint density at radius 2 is 1.45 bits per heavy atom. The molecule has 0 radical (unpaired) electrons. The molecule has 3 heterocycles. The van der Waals surface area contributed by atoms with Gasteiger partial charge in [-0.05, 0) is 56.2 Å². The maximum atomic E-state index is 12.9. The Kier molecular flexibility index (Phi) is 9.04. The van der Waals surface area contributed by atoms with Gasteiger partial charge in [0.05, 0.1) is 35.7 Å². The van der Waals surface area contributed by atoms with Crippen molar-refractivity contribution in [2.45, 2.75) is 40.3 Å². The molecule has 3 aromatic heterocycles. The molecule has 0 amide bonds. The SMILES string of the molecule is CCOP(=O)(CCC[n+]1ccc(C=Cc2ccc(-[n+]3ccc4c(c3)c3ccccc3n4CC)cc2)c2ccccc21)OCC. The lowest BCUT2D eigenvalue weighted by Gasteiger charge is -2.16. The molecule has 0 saturated heterocycles. The summed E-state index contributed by atoms with van der Waals surface area (Å²) in [6.45, 7) is 8.34. The predicted octanol–water partition coefficient (Wildman–Crippen LogP) is 8.36. The normalized spacial score (nSPS) is 12.2. The van der Waals surface area contributed by atoms with Crippen molar-refractivity contribution < 1.29 is 22.7 Å². The third kappa shape index (κ3) is 6.11. The molecule has 44 heavy (non-hydrogen) atoms. The van der Waals surface area contributed by atoms with Crippen LogP contribution < -0.4 is 9.13 Å². The Hall–Kier alpha value is -4.09. The Morgan fingerprint density at radius 1 is 0.750 bits per heavy atom. The van der Waals surface area contributed by atoms with E-state index >= 15 is 0 Å². The van der Waals surface area contributed by atoms with Gasteiger partial charge in [-0.2, -0.15) is 9.13 Å². The van der Waals surface area contributed by atoms with E-state index in [2.05, 4.69) is 136 Å². The van der Waals surface area contributed by atoms with Crippen LogP contribution >= 0.6 is 7.60 Å². The van der Waals surface area contributed by atoms with Gasteiger partial charge in [0.1, 0.15) is 6.54 Å². The van der Waals surface area contributed by atoms with Crippen LogP contribution in [0.15, 0.2) is 104 Å². The van der Waals surface area contributed by atoms with Crippen molar-refractivity contribution in [3.05, 3.63) is 115 Å². The second kappa shape index (κ2) is 13.3. The van der Waals surface area contributed by atoms with E-state index in [1.165, 1.54) is 27.2 Å². The zero-order valence-electron chi connectivity index (χ0n) is 25.7. The van der Waals surface area contributed by atoms with Gasteiger partial charge < -0.3 is 13.6 Å². The van der Waals surface area contributed by atoms with E-state index in [1.807, 2.05) is 13.8 Å². The largest absolute Gasteiger partial charge is 0.340 e. The zero-order chi connectivity index (χ0) is 30.5. The van der Waals surface area contributed by atoms with Crippen LogP contribution in [0.2, 0.25) is 0 Å². The van der Waals surface area contributed by atoms with Crippen LogP contribution in [-0.4, -0.2) is 23.9 Å². The van der Waals surface area contributed by atoms with E-state index in [1.54, 1.807) is 0 Å². The van der Waals surface area contributed by atoms with E-state index in [-0.39, 0.29) is 0 Å². The molecule has 0 fully saturated rings. The van der Waals surface area contributed by atoms with Crippen LogP contribution in [0, 0.1) is 0 Å². The number of aryl methyl sites for hydroxylation is 2. The molecule has 0 saturated carbocycles. The molecule has 0 aliphatic rings. The maximum Gasteiger partial charge on any atom is 0.330 e. The lowest BCUT2D eigenvalue weighted by molar-refractivity contribution is -0.671. The van der Waals surface area contributed by atoms with E-state index in [4.69, 9.17) is 9.05 Å². The fourth-order valence-electron chi connectivity index (χ4n) is 6.09. The quantitative estimate of drug-likeness (QED) is 0.104. The first-order valence-corrected chi connectivity index (χ1v) is 17.3. The molecule has 0 aliphatic heterocycles. The van der Waals surface area contributed by atoms with Crippen molar-refractivity contribution in [3.8, 4) is 5.69 Å². The van der Waals surface area contributed by atoms with Gasteiger partial charge in [0, 0.05) is 54.2 Å². The average molecular weight is 606 g/mol. The van der Waals surface area contributed by atoms with E-state index < -0.39 is 7.60 Å². The van der Waals surface area contributed by atoms with Crippen LogP contribution in [0.5, 0.6) is 0 Å². The number of nitrogens with zero attached hydrogens (tertiary/aromatic N) is 3. The summed E-state index contributed by atoms with van der Waals surface area (Å²) in [7, 11) is -3.04. The lowest BCUT2D eigenvalue weighted by atomic mass is 10.1. The highest BCUT2D eigenvalue weighted by atomic mass is 31.2. The zero-order valence-corrected chi connectivity index (χ0v) is 26.6. The summed E-state index contributed by atoms with van der Waals surface area (Å²) in [5.41, 5.74) is 7.10. The first-order valence-electron chi connectivity index (χ1n) is 15.5. The van der Waals surface area contributed by atoms with Crippen molar-refractivity contribution in [2.24, 2.45) is 0 Å². The second-order valence-corrected chi connectivity index (χ2v) is 13.0. The van der Waals surface area contributed by atoms with Gasteiger partial charge in [-0.25, -0.2) is 0 Å². The number of pyridine rings is 2. The summed E-state index contributed by atoms with van der Waals surface area (Å²) in [5, 5.41) is 3.72. The molecule has 0 unspecified atom stereocenters. The molecule has 6 rings (SSSR count). The fraction of sp³-hybridized carbons (Fsp3) is 0.243. The number of benzene rings is 3. The Bertz CT molecular complexity index is 1990. The smallest absolute Gasteiger partial charge is 0.330 e. The highest BCUT2D eigenvalue weighted by Crippen LogP contribution is 2.48. The van der Waals surface area contributed by atoms with Crippen LogP contribution in [0.25, 0.3) is 50.5 Å². The van der Waals surface area contributed by atoms with Crippen LogP contribution in [0.1, 0.15) is 38.3 Å². The average Bonchev–Trinajstić information content (AvgIpc) is 3.37. The minimum atomic E-state index is -3.04. The van der Waals surface area contributed by atoms with Gasteiger partial charge in [0.25, 0.3) is 0 Å². The molecule has 6 aromatic rings. The molecule has 224 valence electrons. The van der Waals surface area contributed by atoms with Gasteiger partial charge in [0.15, 0.2) is 18.6 Å². The van der Waals surface area contributed by atoms with Crippen molar-refractivity contribution in [1.29, 1.82) is 0 Å². The molecule has 6 nitrogen and oxygen atoms in total. The minimum absolute atomic E-state index is 0.386. The van der Waals surface area contributed by atoms with Gasteiger partial charge in [-0.1, -0.05) is 42.5 Å². The molecule has 7 heteroatoms. The minimum Gasteiger partial charge on any atom is -0.340 e. The molecule has 0 aliphatic carbocycles.